The Morgan fingerprint density at radius 2 is 1.69 bits per heavy atom. The van der Waals surface area contributed by atoms with Gasteiger partial charge in [-0.2, -0.15) is 13.2 Å². The molecule has 6 heteroatoms. The second-order valence-corrected chi connectivity index (χ2v) is 9.42. The number of pyridine rings is 1. The number of benzene rings is 2. The monoisotopic (exact) mass is 481 g/mol. The molecule has 3 nitrogen and oxygen atoms in total. The van der Waals surface area contributed by atoms with Crippen molar-refractivity contribution in [2.24, 2.45) is 0 Å². The number of hydrogen-bond acceptors (Lipinski definition) is 3. The molecule has 2 N–H and O–H groups in total. The van der Waals surface area contributed by atoms with E-state index in [2.05, 4.69) is 36.6 Å². The molecular formula is C29H34F3N3. The molecular weight excluding hydrogens is 447 g/mol. The van der Waals surface area contributed by atoms with Gasteiger partial charge in [-0.15, -0.1) is 0 Å². The molecule has 0 radical (unpaired) electrons. The van der Waals surface area contributed by atoms with Gasteiger partial charge in [-0.25, -0.2) is 0 Å². The molecule has 1 saturated carbocycles. The molecule has 0 saturated heterocycles. The zero-order valence-electron chi connectivity index (χ0n) is 20.5. The summed E-state index contributed by atoms with van der Waals surface area (Å²) in [5.41, 5.74) is 3.71. The number of hydrogen-bond donors (Lipinski definition) is 2. The molecule has 1 heterocycles. The fourth-order valence-corrected chi connectivity index (χ4v) is 4.96. The second kappa shape index (κ2) is 11.1. The van der Waals surface area contributed by atoms with E-state index in [-0.39, 0.29) is 17.5 Å². The maximum Gasteiger partial charge on any atom is 0.417 e. The fourth-order valence-electron chi connectivity index (χ4n) is 4.96. The van der Waals surface area contributed by atoms with Crippen LogP contribution in [0, 0.1) is 0 Å². The molecule has 0 aliphatic heterocycles. The van der Waals surface area contributed by atoms with Crippen LogP contribution >= 0.6 is 0 Å². The quantitative estimate of drug-likeness (QED) is 0.337. The second-order valence-electron chi connectivity index (χ2n) is 9.42. The maximum absolute atomic E-state index is 13.8. The van der Waals surface area contributed by atoms with Crippen molar-refractivity contribution in [3.05, 3.63) is 77.5 Å². The predicted octanol–water partition coefficient (Wildman–Crippen LogP) is 8.81. The topological polar surface area (TPSA) is 37.0 Å². The maximum atomic E-state index is 13.8. The van der Waals surface area contributed by atoms with Crippen molar-refractivity contribution in [3.8, 4) is 11.3 Å². The van der Waals surface area contributed by atoms with Crippen molar-refractivity contribution < 1.29 is 13.2 Å². The van der Waals surface area contributed by atoms with E-state index in [0.29, 0.717) is 5.69 Å². The Hall–Kier alpha value is -3.02. The summed E-state index contributed by atoms with van der Waals surface area (Å²) < 4.78 is 41.5. The minimum atomic E-state index is -4.44. The first-order chi connectivity index (χ1) is 16.9. The number of para-hydroxylation sites is 1. The fraction of sp³-hybridized carbons (Fsp3) is 0.414. The Balaban J connectivity index is 1.73. The smallest absolute Gasteiger partial charge is 0.385 e. The van der Waals surface area contributed by atoms with Crippen LogP contribution in [0.5, 0.6) is 0 Å². The first-order valence-corrected chi connectivity index (χ1v) is 12.6. The molecule has 35 heavy (non-hydrogen) atoms. The number of rotatable bonds is 8. The van der Waals surface area contributed by atoms with Gasteiger partial charge in [0.15, 0.2) is 0 Å². The van der Waals surface area contributed by atoms with Crippen LogP contribution in [0.1, 0.15) is 81.2 Å². The van der Waals surface area contributed by atoms with Crippen molar-refractivity contribution in [1.29, 1.82) is 0 Å². The molecule has 1 unspecified atom stereocenters. The summed E-state index contributed by atoms with van der Waals surface area (Å²) in [6.45, 7) is 5.08. The summed E-state index contributed by atoms with van der Waals surface area (Å²) in [6.07, 6.45) is 2.09. The molecule has 1 aliphatic rings. The lowest BCUT2D eigenvalue weighted by molar-refractivity contribution is -0.137. The van der Waals surface area contributed by atoms with Gasteiger partial charge in [0.05, 0.1) is 17.3 Å². The highest BCUT2D eigenvalue weighted by Crippen LogP contribution is 2.39. The lowest BCUT2D eigenvalue weighted by atomic mass is 9.86. The zero-order valence-corrected chi connectivity index (χ0v) is 20.5. The number of aromatic nitrogens is 1. The summed E-state index contributed by atoms with van der Waals surface area (Å²) in [4.78, 5) is 4.79. The lowest BCUT2D eigenvalue weighted by Crippen LogP contribution is -2.13. The summed E-state index contributed by atoms with van der Waals surface area (Å²) in [6, 6.07) is 17.6. The first kappa shape index (κ1) is 25.1. The first-order valence-electron chi connectivity index (χ1n) is 12.6. The van der Waals surface area contributed by atoms with Gasteiger partial charge in [0.1, 0.15) is 0 Å². The Morgan fingerprint density at radius 3 is 2.43 bits per heavy atom. The van der Waals surface area contributed by atoms with Gasteiger partial charge in [-0.1, -0.05) is 62.6 Å². The molecule has 0 bridgehead atoms. The summed E-state index contributed by atoms with van der Waals surface area (Å²) in [5.74, 6) is 0.274. The van der Waals surface area contributed by atoms with Crippen molar-refractivity contribution in [2.45, 2.75) is 70.5 Å². The normalized spacial score (nSPS) is 15.6. The predicted molar refractivity (Wildman–Crippen MR) is 138 cm³/mol. The van der Waals surface area contributed by atoms with Crippen LogP contribution in [-0.2, 0) is 6.18 Å². The van der Waals surface area contributed by atoms with Crippen LogP contribution in [0.2, 0.25) is 0 Å². The lowest BCUT2D eigenvalue weighted by Gasteiger charge is -2.24. The van der Waals surface area contributed by atoms with Gasteiger partial charge in [-0.05, 0) is 56.0 Å². The van der Waals surface area contributed by atoms with E-state index in [4.69, 9.17) is 4.98 Å². The summed E-state index contributed by atoms with van der Waals surface area (Å²) in [5, 5.41) is 7.04. The van der Waals surface area contributed by atoms with Gasteiger partial charge in [0, 0.05) is 35.1 Å². The number of alkyl halides is 3. The van der Waals surface area contributed by atoms with Gasteiger partial charge >= 0.3 is 6.18 Å². The largest absolute Gasteiger partial charge is 0.417 e. The van der Waals surface area contributed by atoms with Crippen LogP contribution < -0.4 is 10.6 Å². The van der Waals surface area contributed by atoms with Crippen molar-refractivity contribution in [1.82, 2.24) is 4.98 Å². The van der Waals surface area contributed by atoms with Crippen molar-refractivity contribution in [3.63, 3.8) is 0 Å². The van der Waals surface area contributed by atoms with Crippen LogP contribution in [0.25, 0.3) is 11.3 Å². The van der Waals surface area contributed by atoms with Crippen molar-refractivity contribution >= 4 is 11.4 Å². The minimum Gasteiger partial charge on any atom is -0.385 e. The van der Waals surface area contributed by atoms with E-state index in [0.717, 1.165) is 67.3 Å². The average Bonchev–Trinajstić information content (AvgIpc) is 2.87. The summed E-state index contributed by atoms with van der Waals surface area (Å²) >= 11 is 0. The van der Waals surface area contributed by atoms with E-state index < -0.39 is 11.7 Å². The highest BCUT2D eigenvalue weighted by molar-refractivity contribution is 5.69. The van der Waals surface area contributed by atoms with Gasteiger partial charge in [-0.3, -0.25) is 4.98 Å². The van der Waals surface area contributed by atoms with Crippen LogP contribution in [0.15, 0.2) is 60.7 Å². The molecule has 1 atom stereocenters. The van der Waals surface area contributed by atoms with E-state index in [1.165, 1.54) is 18.6 Å². The van der Waals surface area contributed by atoms with E-state index in [9.17, 15) is 13.2 Å². The van der Waals surface area contributed by atoms with Crippen LogP contribution in [0.4, 0.5) is 24.5 Å². The summed E-state index contributed by atoms with van der Waals surface area (Å²) in [7, 11) is 0. The molecule has 186 valence electrons. The Morgan fingerprint density at radius 1 is 0.971 bits per heavy atom. The number of anilines is 2. The van der Waals surface area contributed by atoms with Gasteiger partial charge in [0.2, 0.25) is 0 Å². The van der Waals surface area contributed by atoms with E-state index in [1.54, 1.807) is 12.1 Å². The molecule has 1 aromatic heterocycles. The Kier molecular flexibility index (Phi) is 7.99. The molecule has 1 aliphatic carbocycles. The third-order valence-corrected chi connectivity index (χ3v) is 6.75. The SMILES string of the molecule is CCCNc1ccccc1C(C)Nc1cc(-c2ccccc2C(F)(F)F)nc(C2CCCCC2)c1. The third kappa shape index (κ3) is 6.16. The van der Waals surface area contributed by atoms with E-state index in [1.807, 2.05) is 18.2 Å². The number of nitrogens with zero attached hydrogens (tertiary/aromatic N) is 1. The van der Waals surface area contributed by atoms with Gasteiger partial charge < -0.3 is 10.6 Å². The molecule has 2 aromatic carbocycles. The highest BCUT2D eigenvalue weighted by Gasteiger charge is 2.34. The number of nitrogens with one attached hydrogen (secondary N) is 2. The van der Waals surface area contributed by atoms with Crippen molar-refractivity contribution in [2.75, 3.05) is 17.2 Å². The molecule has 0 amide bonds. The molecule has 4 rings (SSSR count). The van der Waals surface area contributed by atoms with Crippen LogP contribution in [0.3, 0.4) is 0 Å². The molecule has 3 aromatic rings. The standard InChI is InChI=1S/C29H34F3N3/c1-3-17-33-26-16-10-8-13-23(26)20(2)34-22-18-27(21-11-5-4-6-12-21)35-28(19-22)24-14-7-9-15-25(24)29(30,31)32/h7-10,13-16,18-21,33H,3-6,11-12,17H2,1-2H3,(H,34,35). The number of halogens is 3. The zero-order chi connectivity index (χ0) is 24.8. The third-order valence-electron chi connectivity index (χ3n) is 6.75. The molecule has 0 spiro atoms. The van der Waals surface area contributed by atoms with Crippen LogP contribution in [-0.4, -0.2) is 11.5 Å². The minimum absolute atomic E-state index is 0.0390. The van der Waals surface area contributed by atoms with E-state index >= 15 is 0 Å². The highest BCUT2D eigenvalue weighted by atomic mass is 19.4. The van der Waals surface area contributed by atoms with Gasteiger partial charge in [0.25, 0.3) is 0 Å². The average molecular weight is 482 g/mol. The Bertz CT molecular complexity index is 1120. The molecule has 1 fully saturated rings. The Labute approximate surface area is 206 Å².